The summed E-state index contributed by atoms with van der Waals surface area (Å²) in [5, 5.41) is 17.3. The third kappa shape index (κ3) is 2.84. The summed E-state index contributed by atoms with van der Waals surface area (Å²) in [6, 6.07) is 9.26. The van der Waals surface area contributed by atoms with Crippen LogP contribution in [0.4, 0.5) is 0 Å². The molecule has 0 amide bonds. The first-order valence-electron chi connectivity index (χ1n) is 4.64. The van der Waals surface area contributed by atoms with Gasteiger partial charge in [-0.15, -0.1) is 0 Å². The van der Waals surface area contributed by atoms with Crippen LogP contribution in [0.2, 0.25) is 0 Å². The molecular formula is C11H14N2O. The van der Waals surface area contributed by atoms with E-state index in [1.807, 2.05) is 12.1 Å². The van der Waals surface area contributed by atoms with E-state index in [0.717, 1.165) is 12.0 Å². The van der Waals surface area contributed by atoms with E-state index in [0.29, 0.717) is 12.0 Å². The fourth-order valence-electron chi connectivity index (χ4n) is 1.32. The second-order valence-electron chi connectivity index (χ2n) is 3.21. The average molecular weight is 190 g/mol. The van der Waals surface area contributed by atoms with E-state index in [9.17, 15) is 0 Å². The van der Waals surface area contributed by atoms with Crippen molar-refractivity contribution in [2.75, 3.05) is 6.61 Å². The van der Waals surface area contributed by atoms with Crippen molar-refractivity contribution < 1.29 is 5.11 Å². The number of hydrogen-bond donors (Lipinski definition) is 2. The lowest BCUT2D eigenvalue weighted by Crippen LogP contribution is -2.10. The summed E-state index contributed by atoms with van der Waals surface area (Å²) in [6.45, 7) is 0.158. The number of aliphatic hydroxyl groups excluding tert-OH is 1. The normalized spacial score (nSPS) is 12.1. The minimum Gasteiger partial charge on any atom is -0.396 e. The molecule has 3 heteroatoms. The fraction of sp³-hybridized carbons (Fsp3) is 0.364. The number of benzene rings is 1. The van der Waals surface area contributed by atoms with E-state index >= 15 is 0 Å². The molecule has 0 aromatic heterocycles. The Bertz CT molecular complexity index is 330. The Labute approximate surface area is 83.8 Å². The highest BCUT2D eigenvalue weighted by Gasteiger charge is 2.05. The van der Waals surface area contributed by atoms with E-state index in [1.165, 1.54) is 0 Å². The second-order valence-corrected chi connectivity index (χ2v) is 3.21. The van der Waals surface area contributed by atoms with Crippen LogP contribution >= 0.6 is 0 Å². The van der Waals surface area contributed by atoms with Gasteiger partial charge in [-0.2, -0.15) is 5.26 Å². The van der Waals surface area contributed by atoms with Crippen LogP contribution in [-0.4, -0.2) is 11.7 Å². The van der Waals surface area contributed by atoms with Gasteiger partial charge in [0.2, 0.25) is 0 Å². The van der Waals surface area contributed by atoms with Gasteiger partial charge >= 0.3 is 0 Å². The van der Waals surface area contributed by atoms with Gasteiger partial charge in [0.25, 0.3) is 0 Å². The van der Waals surface area contributed by atoms with E-state index < -0.39 is 0 Å². The van der Waals surface area contributed by atoms with Gasteiger partial charge in [0, 0.05) is 12.6 Å². The Morgan fingerprint density at radius 3 is 2.93 bits per heavy atom. The maximum absolute atomic E-state index is 8.69. The quantitative estimate of drug-likeness (QED) is 0.752. The maximum Gasteiger partial charge on any atom is 0.0991 e. The van der Waals surface area contributed by atoms with Crippen molar-refractivity contribution in [3.63, 3.8) is 0 Å². The smallest absolute Gasteiger partial charge is 0.0991 e. The van der Waals surface area contributed by atoms with Gasteiger partial charge in [-0.25, -0.2) is 0 Å². The molecule has 0 aliphatic heterocycles. The molecule has 0 bridgehead atoms. The zero-order valence-corrected chi connectivity index (χ0v) is 7.98. The van der Waals surface area contributed by atoms with Crippen LogP contribution in [0.5, 0.6) is 0 Å². The first-order valence-corrected chi connectivity index (χ1v) is 4.64. The molecule has 14 heavy (non-hydrogen) atoms. The Morgan fingerprint density at radius 1 is 1.50 bits per heavy atom. The third-order valence-corrected chi connectivity index (χ3v) is 2.12. The minimum atomic E-state index is -0.0875. The molecule has 3 N–H and O–H groups in total. The zero-order valence-electron chi connectivity index (χ0n) is 7.98. The molecule has 0 spiro atoms. The molecule has 0 aliphatic rings. The minimum absolute atomic E-state index is 0.0875. The lowest BCUT2D eigenvalue weighted by Gasteiger charge is -2.10. The van der Waals surface area contributed by atoms with Gasteiger partial charge in [-0.3, -0.25) is 0 Å². The van der Waals surface area contributed by atoms with Crippen LogP contribution in [0.25, 0.3) is 0 Å². The number of rotatable bonds is 4. The lowest BCUT2D eigenvalue weighted by molar-refractivity contribution is 0.280. The average Bonchev–Trinajstić information content (AvgIpc) is 2.26. The molecule has 0 unspecified atom stereocenters. The van der Waals surface area contributed by atoms with Crippen molar-refractivity contribution in [1.82, 2.24) is 0 Å². The maximum atomic E-state index is 8.69. The number of nitrogens with two attached hydrogens (primary N) is 1. The molecule has 3 nitrogen and oxygen atoms in total. The summed E-state index contributed by atoms with van der Waals surface area (Å²) in [7, 11) is 0. The van der Waals surface area contributed by atoms with Crippen LogP contribution in [0.1, 0.15) is 30.0 Å². The molecule has 1 atom stereocenters. The van der Waals surface area contributed by atoms with Gasteiger partial charge in [0.1, 0.15) is 0 Å². The molecule has 0 saturated heterocycles. The van der Waals surface area contributed by atoms with Crippen molar-refractivity contribution in [2.24, 2.45) is 5.73 Å². The van der Waals surface area contributed by atoms with Gasteiger partial charge in [-0.1, -0.05) is 12.1 Å². The summed E-state index contributed by atoms with van der Waals surface area (Å²) in [5.41, 5.74) is 7.47. The summed E-state index contributed by atoms with van der Waals surface area (Å²) >= 11 is 0. The van der Waals surface area contributed by atoms with Crippen LogP contribution in [-0.2, 0) is 0 Å². The Hall–Kier alpha value is -1.37. The highest BCUT2D eigenvalue weighted by molar-refractivity contribution is 5.34. The van der Waals surface area contributed by atoms with E-state index in [2.05, 4.69) is 6.07 Å². The van der Waals surface area contributed by atoms with E-state index in [1.54, 1.807) is 12.1 Å². The monoisotopic (exact) mass is 190 g/mol. The largest absolute Gasteiger partial charge is 0.396 e. The standard InChI is InChI=1S/C11H14N2O/c12-8-9-3-1-4-10(7-9)11(13)5-2-6-14/h1,3-4,7,11,14H,2,5-6,13H2/t11-/m0/s1. The molecule has 1 rings (SSSR count). The molecule has 0 heterocycles. The molecule has 74 valence electrons. The lowest BCUT2D eigenvalue weighted by atomic mass is 10.0. The third-order valence-electron chi connectivity index (χ3n) is 2.12. The Kier molecular flexibility index (Phi) is 4.11. The van der Waals surface area contributed by atoms with E-state index in [-0.39, 0.29) is 12.6 Å². The van der Waals surface area contributed by atoms with Crippen LogP contribution in [0, 0.1) is 11.3 Å². The summed E-state index contributed by atoms with van der Waals surface area (Å²) in [6.07, 6.45) is 1.43. The number of hydrogen-bond acceptors (Lipinski definition) is 3. The van der Waals surface area contributed by atoms with Gasteiger partial charge < -0.3 is 10.8 Å². The van der Waals surface area contributed by atoms with Crippen LogP contribution in [0.15, 0.2) is 24.3 Å². The van der Waals surface area contributed by atoms with Crippen molar-refractivity contribution in [3.8, 4) is 6.07 Å². The highest BCUT2D eigenvalue weighted by Crippen LogP contribution is 2.16. The van der Waals surface area contributed by atoms with Gasteiger partial charge in [-0.05, 0) is 30.5 Å². The number of nitrogens with zero attached hydrogens (tertiary/aromatic N) is 1. The Balaban J connectivity index is 2.70. The predicted octanol–water partition coefficient (Wildman–Crippen LogP) is 1.33. The topological polar surface area (TPSA) is 70.0 Å². The van der Waals surface area contributed by atoms with E-state index in [4.69, 9.17) is 16.1 Å². The molecule has 0 fully saturated rings. The molecule has 1 aromatic rings. The molecule has 0 radical (unpaired) electrons. The molecule has 1 aromatic carbocycles. The second kappa shape index (κ2) is 5.38. The van der Waals surface area contributed by atoms with Crippen LogP contribution in [0.3, 0.4) is 0 Å². The van der Waals surface area contributed by atoms with Gasteiger partial charge in [0.15, 0.2) is 0 Å². The van der Waals surface area contributed by atoms with Crippen molar-refractivity contribution in [3.05, 3.63) is 35.4 Å². The number of nitriles is 1. The van der Waals surface area contributed by atoms with Gasteiger partial charge in [0.05, 0.1) is 11.6 Å². The first-order chi connectivity index (χ1) is 6.77. The summed E-state index contributed by atoms with van der Waals surface area (Å²) in [4.78, 5) is 0. The predicted molar refractivity (Wildman–Crippen MR) is 54.4 cm³/mol. The summed E-state index contributed by atoms with van der Waals surface area (Å²) < 4.78 is 0. The number of aliphatic hydroxyl groups is 1. The molecule has 0 saturated carbocycles. The first kappa shape index (κ1) is 10.7. The highest BCUT2D eigenvalue weighted by atomic mass is 16.2. The SMILES string of the molecule is N#Cc1cccc([C@@H](N)CCCO)c1. The molecule has 0 aliphatic carbocycles. The van der Waals surface area contributed by atoms with Crippen molar-refractivity contribution >= 4 is 0 Å². The molecular weight excluding hydrogens is 176 g/mol. The zero-order chi connectivity index (χ0) is 10.4. The van der Waals surface area contributed by atoms with Crippen LogP contribution < -0.4 is 5.73 Å². The summed E-state index contributed by atoms with van der Waals surface area (Å²) in [5.74, 6) is 0. The fourth-order valence-corrected chi connectivity index (χ4v) is 1.32. The van der Waals surface area contributed by atoms with Crippen molar-refractivity contribution in [1.29, 1.82) is 5.26 Å². The Morgan fingerprint density at radius 2 is 2.29 bits per heavy atom. The van der Waals surface area contributed by atoms with Crippen molar-refractivity contribution in [2.45, 2.75) is 18.9 Å².